The molecule has 2 aliphatic rings. The minimum atomic E-state index is -0.0241. The van der Waals surface area contributed by atoms with Crippen LogP contribution in [0.1, 0.15) is 92.7 Å². The molecule has 2 aromatic heterocycles. The topological polar surface area (TPSA) is 197 Å². The number of hydrogen-bond acceptors (Lipinski definition) is 13. The minimum absolute atomic E-state index is 0.0145. The van der Waals surface area contributed by atoms with Gasteiger partial charge in [-0.05, 0) is 131 Å². The van der Waals surface area contributed by atoms with Crippen molar-refractivity contribution in [1.29, 1.82) is 10.5 Å². The summed E-state index contributed by atoms with van der Waals surface area (Å²) in [6.45, 7) is 8.35. The van der Waals surface area contributed by atoms with Crippen molar-refractivity contribution in [3.63, 3.8) is 0 Å². The number of nitrogens with zero attached hydrogens (tertiary/aromatic N) is 7. The predicted octanol–water partition coefficient (Wildman–Crippen LogP) is 8.65. The van der Waals surface area contributed by atoms with Gasteiger partial charge in [0.05, 0.1) is 36.5 Å². The molecule has 8 rings (SSSR count). The number of ether oxygens (including phenoxy) is 2. The second-order valence-corrected chi connectivity index (χ2v) is 15.2. The Hall–Kier alpha value is -6.67. The van der Waals surface area contributed by atoms with E-state index in [0.717, 1.165) is 66.5 Å². The Morgan fingerprint density at radius 3 is 1.83 bits per heavy atom. The molecule has 0 spiro atoms. The lowest BCUT2D eigenvalue weighted by Crippen LogP contribution is -2.06. The number of fused-ring (bicyclic) bond motifs is 2. The smallest absolute Gasteiger partial charge is 0.258 e. The van der Waals surface area contributed by atoms with E-state index in [-0.39, 0.29) is 25.4 Å². The van der Waals surface area contributed by atoms with E-state index in [1.54, 1.807) is 24.3 Å². The van der Waals surface area contributed by atoms with Gasteiger partial charge in [-0.2, -0.15) is 20.5 Å². The minimum Gasteiger partial charge on any atom is -0.490 e. The first-order valence-corrected chi connectivity index (χ1v) is 20.3. The van der Waals surface area contributed by atoms with Crippen LogP contribution in [-0.2, 0) is 12.8 Å². The van der Waals surface area contributed by atoms with Gasteiger partial charge in [0.1, 0.15) is 23.6 Å². The monoisotopic (exact) mass is 805 g/mol. The maximum absolute atomic E-state index is 9.47. The molecular formula is C47H47N7O6. The maximum atomic E-state index is 9.47. The molecule has 13 nitrogen and oxygen atoms in total. The van der Waals surface area contributed by atoms with Crippen LogP contribution < -0.4 is 9.47 Å². The predicted molar refractivity (Wildman–Crippen MR) is 225 cm³/mol. The first-order chi connectivity index (χ1) is 29.2. The molecular weight excluding hydrogens is 759 g/mol. The third-order valence-electron chi connectivity index (χ3n) is 10.4. The van der Waals surface area contributed by atoms with Crippen LogP contribution in [-0.4, -0.2) is 68.2 Å². The lowest BCUT2D eigenvalue weighted by Gasteiger charge is -2.11. The van der Waals surface area contributed by atoms with Crippen molar-refractivity contribution in [3.05, 3.63) is 106 Å². The summed E-state index contributed by atoms with van der Waals surface area (Å²) in [6.07, 6.45) is 5.51. The summed E-state index contributed by atoms with van der Waals surface area (Å²) in [5.74, 6) is 3.35. The number of aliphatic imine (C=N–C) groups is 1. The van der Waals surface area contributed by atoms with E-state index in [0.29, 0.717) is 69.6 Å². The van der Waals surface area contributed by atoms with Crippen molar-refractivity contribution in [3.8, 4) is 69.3 Å². The zero-order valence-corrected chi connectivity index (χ0v) is 34.2. The molecule has 60 heavy (non-hydrogen) atoms. The highest BCUT2D eigenvalue weighted by Crippen LogP contribution is 2.41. The lowest BCUT2D eigenvalue weighted by atomic mass is 9.95. The third kappa shape index (κ3) is 9.13. The number of aromatic nitrogens is 4. The van der Waals surface area contributed by atoms with Gasteiger partial charge in [0, 0.05) is 34.6 Å². The van der Waals surface area contributed by atoms with Gasteiger partial charge in [-0.25, -0.2) is 0 Å². The van der Waals surface area contributed by atoms with Gasteiger partial charge in [-0.3, -0.25) is 4.99 Å². The van der Waals surface area contributed by atoms with Crippen LogP contribution in [0.3, 0.4) is 0 Å². The van der Waals surface area contributed by atoms with Crippen LogP contribution in [0.5, 0.6) is 11.5 Å². The van der Waals surface area contributed by atoms with Gasteiger partial charge in [0.15, 0.2) is 0 Å². The standard InChI is InChI=1S/C24H25N3O3.C23H22N4O3/c1-15(2)29-22-11-9-17(13-18(22)14-25)24-26-23(27-30-24)21-7-3-6-19-16(5-4-12-28)8-10-20(19)21;1-14(2)29-21-9-6-15(12-16(21)13-24)23-26-22(27-30-23)19-5-3-4-18-17(19)7-8-20(18)25-10-11-28/h3,6-7,9,11,13,15-16,28H,4-5,8,10,12H2,1-2H3;3-6,9,12,14,28H,7-8,10-11H2,1-2H3. The quantitative estimate of drug-likeness (QED) is 0.113. The Kier molecular flexibility index (Phi) is 13.1. The summed E-state index contributed by atoms with van der Waals surface area (Å²) in [6, 6.07) is 27.1. The van der Waals surface area contributed by atoms with E-state index in [1.807, 2.05) is 70.2 Å². The van der Waals surface area contributed by atoms with Gasteiger partial charge < -0.3 is 28.7 Å². The number of benzene rings is 4. The van der Waals surface area contributed by atoms with Crippen molar-refractivity contribution >= 4 is 5.71 Å². The van der Waals surface area contributed by atoms with Gasteiger partial charge in [-0.15, -0.1) is 0 Å². The zero-order valence-electron chi connectivity index (χ0n) is 34.2. The van der Waals surface area contributed by atoms with Gasteiger partial charge >= 0.3 is 0 Å². The highest BCUT2D eigenvalue weighted by atomic mass is 16.5. The molecule has 6 aromatic rings. The summed E-state index contributed by atoms with van der Waals surface area (Å²) in [7, 11) is 0. The van der Waals surface area contributed by atoms with Crippen LogP contribution in [0.25, 0.3) is 45.7 Å². The van der Waals surface area contributed by atoms with Crippen molar-refractivity contribution in [2.24, 2.45) is 4.99 Å². The molecule has 2 heterocycles. The van der Waals surface area contributed by atoms with Crippen LogP contribution in [0.15, 0.2) is 86.8 Å². The number of aliphatic hydroxyl groups excluding tert-OH is 2. The third-order valence-corrected chi connectivity index (χ3v) is 10.4. The Bertz CT molecular complexity index is 2580. The average Bonchev–Trinajstić information content (AvgIpc) is 4.09. The fourth-order valence-corrected chi connectivity index (χ4v) is 7.77. The molecule has 0 fully saturated rings. The summed E-state index contributed by atoms with van der Waals surface area (Å²) >= 11 is 0. The summed E-state index contributed by atoms with van der Waals surface area (Å²) in [4.78, 5) is 13.7. The van der Waals surface area contributed by atoms with Gasteiger partial charge in [0.25, 0.3) is 11.8 Å². The molecule has 0 bridgehead atoms. The first-order valence-electron chi connectivity index (χ1n) is 20.3. The molecule has 4 aromatic carbocycles. The molecule has 1 atom stereocenters. The molecule has 0 saturated heterocycles. The molecule has 306 valence electrons. The molecule has 2 aliphatic carbocycles. The number of hydrogen-bond donors (Lipinski definition) is 2. The molecule has 0 radical (unpaired) electrons. The van der Waals surface area contributed by atoms with E-state index in [4.69, 9.17) is 28.7 Å². The molecule has 0 aliphatic heterocycles. The normalized spacial score (nSPS) is 14.7. The van der Waals surface area contributed by atoms with Crippen LogP contribution in [0, 0.1) is 22.7 Å². The van der Waals surface area contributed by atoms with Gasteiger partial charge in [-0.1, -0.05) is 46.7 Å². The van der Waals surface area contributed by atoms with Crippen molar-refractivity contribution in [1.82, 2.24) is 20.3 Å². The van der Waals surface area contributed by atoms with Crippen molar-refractivity contribution in [2.45, 2.75) is 84.3 Å². The Morgan fingerprint density at radius 2 is 1.28 bits per heavy atom. The highest BCUT2D eigenvalue weighted by molar-refractivity contribution is 6.06. The SMILES string of the molecule is CC(C)Oc1ccc(-c2nc(-c3cccc4c3CCC4=NCCO)no2)cc1C#N.CC(C)Oc1ccc(-c2nc(-c3cccc4c3CCC4CCCO)no2)cc1C#N. The molecule has 2 N–H and O–H groups in total. The second-order valence-electron chi connectivity index (χ2n) is 15.2. The maximum Gasteiger partial charge on any atom is 0.258 e. The Labute approximate surface area is 349 Å². The van der Waals surface area contributed by atoms with Crippen molar-refractivity contribution < 1.29 is 28.7 Å². The van der Waals surface area contributed by atoms with E-state index < -0.39 is 0 Å². The largest absolute Gasteiger partial charge is 0.490 e. The number of rotatable bonds is 13. The van der Waals surface area contributed by atoms with E-state index >= 15 is 0 Å². The average molecular weight is 806 g/mol. The van der Waals surface area contributed by atoms with Crippen LogP contribution in [0.4, 0.5) is 0 Å². The molecule has 1 unspecified atom stereocenters. The van der Waals surface area contributed by atoms with E-state index in [1.165, 1.54) is 11.1 Å². The van der Waals surface area contributed by atoms with Crippen LogP contribution in [0.2, 0.25) is 0 Å². The Balaban J connectivity index is 0.000000181. The van der Waals surface area contributed by atoms with E-state index in [2.05, 4.69) is 43.5 Å². The zero-order chi connectivity index (χ0) is 42.2. The highest BCUT2D eigenvalue weighted by Gasteiger charge is 2.27. The first kappa shape index (κ1) is 41.5. The fraction of sp³-hybridized carbons (Fsp3) is 0.340. The van der Waals surface area contributed by atoms with Gasteiger partial charge in [0.2, 0.25) is 11.6 Å². The molecule has 0 saturated carbocycles. The van der Waals surface area contributed by atoms with Crippen LogP contribution >= 0.6 is 0 Å². The second kappa shape index (κ2) is 18.9. The Morgan fingerprint density at radius 1 is 0.717 bits per heavy atom. The summed E-state index contributed by atoms with van der Waals surface area (Å²) in [5.41, 5.74) is 9.94. The number of aliphatic hydroxyl groups is 2. The van der Waals surface area contributed by atoms with Crippen molar-refractivity contribution in [2.75, 3.05) is 19.8 Å². The number of nitriles is 2. The van der Waals surface area contributed by atoms with E-state index in [9.17, 15) is 10.5 Å². The summed E-state index contributed by atoms with van der Waals surface area (Å²) < 4.78 is 22.4. The summed E-state index contributed by atoms with van der Waals surface area (Å²) in [5, 5.41) is 45.5. The lowest BCUT2D eigenvalue weighted by molar-refractivity contribution is 0.241. The fourth-order valence-electron chi connectivity index (χ4n) is 7.77. The molecule has 13 heteroatoms. The molecule has 0 amide bonds.